The molecule has 0 aromatic carbocycles. The number of nitrogens with zero attached hydrogens (tertiary/aromatic N) is 2. The zero-order valence-corrected chi connectivity index (χ0v) is 11.1. The molecular formula is C13H20N4O. The van der Waals surface area contributed by atoms with Gasteiger partial charge in [0.05, 0.1) is 11.6 Å². The van der Waals surface area contributed by atoms with Gasteiger partial charge in [0, 0.05) is 26.8 Å². The minimum Gasteiger partial charge on any atom is -0.361 e. The van der Waals surface area contributed by atoms with Crippen LogP contribution in [0.3, 0.4) is 0 Å². The van der Waals surface area contributed by atoms with E-state index in [1.807, 2.05) is 31.1 Å². The lowest BCUT2D eigenvalue weighted by atomic mass is 9.97. The molecule has 0 saturated carbocycles. The zero-order valence-electron chi connectivity index (χ0n) is 11.1. The van der Waals surface area contributed by atoms with Gasteiger partial charge >= 0.3 is 0 Å². The molecule has 5 nitrogen and oxygen atoms in total. The Morgan fingerprint density at radius 3 is 2.89 bits per heavy atom. The molecule has 1 saturated heterocycles. The van der Waals surface area contributed by atoms with Gasteiger partial charge in [0.1, 0.15) is 0 Å². The summed E-state index contributed by atoms with van der Waals surface area (Å²) in [4.78, 5) is 18.4. The second-order valence-electron chi connectivity index (χ2n) is 5.00. The molecule has 2 rings (SSSR count). The number of amides is 1. The molecule has 1 aliphatic rings. The molecule has 5 heteroatoms. The average Bonchev–Trinajstić information content (AvgIpc) is 2.76. The predicted octanol–water partition coefficient (Wildman–Crippen LogP) is 0.942. The Kier molecular flexibility index (Phi) is 3.81. The van der Waals surface area contributed by atoms with E-state index in [1.54, 1.807) is 6.20 Å². The standard InChI is InChI=1S/C13H20N4O/c1-9-7-14-8-10(9)13(18)16-11-5-4-6-15-12(11)17(2)3/h4-6,9-10,14H,7-8H2,1-3H3,(H,16,18)/t9-,10-/m1/s1. The number of anilines is 2. The van der Waals surface area contributed by atoms with Crippen LogP contribution in [-0.4, -0.2) is 38.1 Å². The third kappa shape index (κ3) is 2.61. The largest absolute Gasteiger partial charge is 0.361 e. The van der Waals surface area contributed by atoms with E-state index in [0.29, 0.717) is 5.92 Å². The van der Waals surface area contributed by atoms with E-state index in [9.17, 15) is 4.79 Å². The molecule has 1 aromatic rings. The van der Waals surface area contributed by atoms with Crippen LogP contribution in [0.15, 0.2) is 18.3 Å². The highest BCUT2D eigenvalue weighted by atomic mass is 16.2. The van der Waals surface area contributed by atoms with Crippen LogP contribution in [-0.2, 0) is 4.79 Å². The van der Waals surface area contributed by atoms with Crippen molar-refractivity contribution in [3.05, 3.63) is 18.3 Å². The topological polar surface area (TPSA) is 57.3 Å². The summed E-state index contributed by atoms with van der Waals surface area (Å²) in [7, 11) is 3.83. The number of hydrogen-bond acceptors (Lipinski definition) is 4. The number of carbonyl (C=O) groups is 1. The van der Waals surface area contributed by atoms with Gasteiger partial charge in [-0.1, -0.05) is 6.92 Å². The lowest BCUT2D eigenvalue weighted by Gasteiger charge is -2.19. The number of aromatic nitrogens is 1. The van der Waals surface area contributed by atoms with Gasteiger partial charge < -0.3 is 15.5 Å². The Balaban J connectivity index is 2.11. The molecule has 1 fully saturated rings. The summed E-state index contributed by atoms with van der Waals surface area (Å²) in [5, 5.41) is 6.22. The molecule has 1 aromatic heterocycles. The van der Waals surface area contributed by atoms with Crippen LogP contribution in [0.2, 0.25) is 0 Å². The Bertz CT molecular complexity index is 433. The summed E-state index contributed by atoms with van der Waals surface area (Å²) in [5.41, 5.74) is 0.770. The molecule has 18 heavy (non-hydrogen) atoms. The van der Waals surface area contributed by atoms with Crippen molar-refractivity contribution in [2.24, 2.45) is 11.8 Å². The Morgan fingerprint density at radius 1 is 1.50 bits per heavy atom. The van der Waals surface area contributed by atoms with E-state index in [2.05, 4.69) is 22.5 Å². The van der Waals surface area contributed by atoms with Crippen molar-refractivity contribution in [2.75, 3.05) is 37.4 Å². The normalized spacial score (nSPS) is 22.8. The number of rotatable bonds is 3. The minimum absolute atomic E-state index is 0.0419. The number of nitrogens with one attached hydrogen (secondary N) is 2. The fraction of sp³-hybridized carbons (Fsp3) is 0.538. The van der Waals surface area contributed by atoms with Crippen LogP contribution < -0.4 is 15.5 Å². The van der Waals surface area contributed by atoms with Crippen molar-refractivity contribution in [3.63, 3.8) is 0 Å². The Labute approximate surface area is 108 Å². The monoisotopic (exact) mass is 248 g/mol. The summed E-state index contributed by atoms with van der Waals surface area (Å²) >= 11 is 0. The number of pyridine rings is 1. The summed E-state index contributed by atoms with van der Waals surface area (Å²) < 4.78 is 0. The maximum absolute atomic E-state index is 12.2. The smallest absolute Gasteiger partial charge is 0.229 e. The van der Waals surface area contributed by atoms with Crippen molar-refractivity contribution >= 4 is 17.4 Å². The third-order valence-electron chi connectivity index (χ3n) is 3.32. The Morgan fingerprint density at radius 2 is 2.28 bits per heavy atom. The van der Waals surface area contributed by atoms with Crippen molar-refractivity contribution in [2.45, 2.75) is 6.92 Å². The van der Waals surface area contributed by atoms with Crippen molar-refractivity contribution in [1.29, 1.82) is 0 Å². The van der Waals surface area contributed by atoms with E-state index in [-0.39, 0.29) is 11.8 Å². The molecule has 0 unspecified atom stereocenters. The van der Waals surface area contributed by atoms with Gasteiger partial charge in [-0.2, -0.15) is 0 Å². The van der Waals surface area contributed by atoms with Crippen LogP contribution in [0.4, 0.5) is 11.5 Å². The van der Waals surface area contributed by atoms with Gasteiger partial charge in [0.25, 0.3) is 0 Å². The highest BCUT2D eigenvalue weighted by Crippen LogP contribution is 2.23. The van der Waals surface area contributed by atoms with E-state index in [4.69, 9.17) is 0 Å². The lowest BCUT2D eigenvalue weighted by Crippen LogP contribution is -2.28. The van der Waals surface area contributed by atoms with Crippen LogP contribution in [0.1, 0.15) is 6.92 Å². The predicted molar refractivity (Wildman–Crippen MR) is 72.7 cm³/mol. The van der Waals surface area contributed by atoms with Gasteiger partial charge in [-0.05, 0) is 24.6 Å². The second-order valence-corrected chi connectivity index (χ2v) is 5.00. The minimum atomic E-state index is 0.0419. The van der Waals surface area contributed by atoms with Crippen LogP contribution >= 0.6 is 0 Å². The summed E-state index contributed by atoms with van der Waals surface area (Å²) in [6.45, 7) is 3.76. The molecule has 1 amide bonds. The van der Waals surface area contributed by atoms with Crippen LogP contribution in [0.25, 0.3) is 0 Å². The van der Waals surface area contributed by atoms with Gasteiger partial charge in [-0.15, -0.1) is 0 Å². The molecular weight excluding hydrogens is 228 g/mol. The van der Waals surface area contributed by atoms with Gasteiger partial charge in [0.2, 0.25) is 5.91 Å². The van der Waals surface area contributed by atoms with Gasteiger partial charge in [-0.25, -0.2) is 4.98 Å². The summed E-state index contributed by atoms with van der Waals surface area (Å²) in [6.07, 6.45) is 1.73. The van der Waals surface area contributed by atoms with Gasteiger partial charge in [0.15, 0.2) is 5.82 Å². The van der Waals surface area contributed by atoms with E-state index in [0.717, 1.165) is 24.6 Å². The molecule has 1 aliphatic heterocycles. The first-order valence-corrected chi connectivity index (χ1v) is 6.23. The maximum atomic E-state index is 12.2. The quantitative estimate of drug-likeness (QED) is 0.836. The highest BCUT2D eigenvalue weighted by molar-refractivity contribution is 5.95. The average molecular weight is 248 g/mol. The van der Waals surface area contributed by atoms with Crippen molar-refractivity contribution in [1.82, 2.24) is 10.3 Å². The first-order chi connectivity index (χ1) is 8.59. The Hall–Kier alpha value is -1.62. The molecule has 0 aliphatic carbocycles. The molecule has 2 N–H and O–H groups in total. The number of carbonyl (C=O) groups excluding carboxylic acids is 1. The van der Waals surface area contributed by atoms with E-state index in [1.165, 1.54) is 0 Å². The third-order valence-corrected chi connectivity index (χ3v) is 3.32. The summed E-state index contributed by atoms with van der Waals surface area (Å²) in [6, 6.07) is 3.71. The van der Waals surface area contributed by atoms with Crippen LogP contribution in [0, 0.1) is 11.8 Å². The summed E-state index contributed by atoms with van der Waals surface area (Å²) in [5.74, 6) is 1.28. The van der Waals surface area contributed by atoms with Gasteiger partial charge in [-0.3, -0.25) is 4.79 Å². The first-order valence-electron chi connectivity index (χ1n) is 6.23. The lowest BCUT2D eigenvalue weighted by molar-refractivity contribution is -0.120. The van der Waals surface area contributed by atoms with E-state index >= 15 is 0 Å². The second kappa shape index (κ2) is 5.35. The molecule has 2 heterocycles. The molecule has 98 valence electrons. The van der Waals surface area contributed by atoms with Crippen molar-refractivity contribution < 1.29 is 4.79 Å². The molecule has 0 radical (unpaired) electrons. The SMILES string of the molecule is C[C@@H]1CNC[C@H]1C(=O)Nc1cccnc1N(C)C. The molecule has 2 atom stereocenters. The highest BCUT2D eigenvalue weighted by Gasteiger charge is 2.29. The number of hydrogen-bond donors (Lipinski definition) is 2. The molecule has 0 spiro atoms. The van der Waals surface area contributed by atoms with Crippen molar-refractivity contribution in [3.8, 4) is 0 Å². The molecule has 0 bridgehead atoms. The maximum Gasteiger partial charge on any atom is 0.229 e. The zero-order chi connectivity index (χ0) is 13.1. The van der Waals surface area contributed by atoms with Crippen LogP contribution in [0.5, 0.6) is 0 Å². The van der Waals surface area contributed by atoms with E-state index < -0.39 is 0 Å². The first kappa shape index (κ1) is 12.8. The fourth-order valence-corrected chi connectivity index (χ4v) is 2.24. The fourth-order valence-electron chi connectivity index (χ4n) is 2.24.